The van der Waals surface area contributed by atoms with Crippen LogP contribution in [-0.4, -0.2) is 36.5 Å². The maximum Gasteiger partial charge on any atom is 0.287 e. The van der Waals surface area contributed by atoms with Gasteiger partial charge in [-0.15, -0.1) is 0 Å². The Morgan fingerprint density at radius 3 is 2.56 bits per heavy atom. The summed E-state index contributed by atoms with van der Waals surface area (Å²) < 4.78 is 10.5. The van der Waals surface area contributed by atoms with Crippen molar-refractivity contribution in [2.45, 2.75) is 32.5 Å². The van der Waals surface area contributed by atoms with E-state index in [0.717, 1.165) is 16.9 Å². The molecule has 1 unspecified atom stereocenters. The summed E-state index contributed by atoms with van der Waals surface area (Å²) in [7, 11) is 0. The molecule has 2 rings (SSSR count). The van der Waals surface area contributed by atoms with E-state index in [9.17, 15) is 9.59 Å². The first kappa shape index (κ1) is 21.1. The van der Waals surface area contributed by atoms with Crippen LogP contribution in [0.4, 0.5) is 0 Å². The van der Waals surface area contributed by atoms with Crippen molar-refractivity contribution in [3.05, 3.63) is 59.5 Å². The van der Waals surface area contributed by atoms with Crippen molar-refractivity contribution in [2.75, 3.05) is 18.6 Å². The molecule has 27 heavy (non-hydrogen) atoms. The normalized spacial score (nSPS) is 11.8. The third-order valence-corrected chi connectivity index (χ3v) is 4.58. The number of thioether (sulfide) groups is 1. The number of amides is 2. The number of hydrogen-bond acceptors (Lipinski definition) is 5. The third-order valence-electron chi connectivity index (χ3n) is 3.94. The number of carbonyl (C=O) groups excluding carboxylic acids is 2. The molecule has 1 atom stereocenters. The number of ether oxygens (including phenoxy) is 1. The van der Waals surface area contributed by atoms with Crippen LogP contribution in [0.3, 0.4) is 0 Å². The van der Waals surface area contributed by atoms with E-state index in [1.165, 1.54) is 6.26 Å². The van der Waals surface area contributed by atoms with Crippen molar-refractivity contribution < 1.29 is 18.7 Å². The first-order valence-corrected chi connectivity index (χ1v) is 10.3. The lowest BCUT2D eigenvalue weighted by Gasteiger charge is -2.17. The molecule has 1 aromatic carbocycles. The van der Waals surface area contributed by atoms with Gasteiger partial charge in [-0.3, -0.25) is 9.59 Å². The second-order valence-electron chi connectivity index (χ2n) is 5.96. The molecule has 1 aromatic heterocycles. The number of benzene rings is 1. The summed E-state index contributed by atoms with van der Waals surface area (Å²) >= 11 is 1.63. The molecule has 146 valence electrons. The average molecular weight is 391 g/mol. The van der Waals surface area contributed by atoms with Gasteiger partial charge in [-0.05, 0) is 48.6 Å². The van der Waals surface area contributed by atoms with E-state index in [2.05, 4.69) is 10.6 Å². The average Bonchev–Trinajstić information content (AvgIpc) is 3.23. The van der Waals surface area contributed by atoms with Crippen LogP contribution in [0, 0.1) is 0 Å². The van der Waals surface area contributed by atoms with Crippen LogP contribution in [0.2, 0.25) is 0 Å². The van der Waals surface area contributed by atoms with Crippen molar-refractivity contribution in [3.8, 4) is 0 Å². The molecule has 2 amide bonds. The molecule has 1 heterocycles. The number of carbonyl (C=O) groups is 2. The van der Waals surface area contributed by atoms with Crippen LogP contribution in [0.5, 0.6) is 0 Å². The second kappa shape index (κ2) is 11.5. The van der Waals surface area contributed by atoms with Crippen LogP contribution < -0.4 is 10.6 Å². The quantitative estimate of drug-likeness (QED) is 0.617. The van der Waals surface area contributed by atoms with Gasteiger partial charge in [-0.2, -0.15) is 11.8 Å². The van der Waals surface area contributed by atoms with Crippen molar-refractivity contribution >= 4 is 23.6 Å². The Morgan fingerprint density at radius 2 is 1.93 bits per heavy atom. The molecule has 0 saturated heterocycles. The predicted molar refractivity (Wildman–Crippen MR) is 107 cm³/mol. The molecule has 6 nitrogen and oxygen atoms in total. The van der Waals surface area contributed by atoms with Crippen molar-refractivity contribution in [2.24, 2.45) is 0 Å². The highest BCUT2D eigenvalue weighted by Gasteiger charge is 2.22. The van der Waals surface area contributed by atoms with E-state index < -0.39 is 6.04 Å². The molecule has 0 aliphatic heterocycles. The summed E-state index contributed by atoms with van der Waals surface area (Å²) in [4.78, 5) is 24.7. The Balaban J connectivity index is 1.89. The molecule has 2 aromatic rings. The lowest BCUT2D eigenvalue weighted by Crippen LogP contribution is -2.46. The highest BCUT2D eigenvalue weighted by molar-refractivity contribution is 7.98. The Bertz CT molecular complexity index is 701. The zero-order valence-electron chi connectivity index (χ0n) is 15.7. The maximum atomic E-state index is 12.6. The second-order valence-corrected chi connectivity index (χ2v) is 6.94. The minimum absolute atomic E-state index is 0.196. The van der Waals surface area contributed by atoms with E-state index in [4.69, 9.17) is 9.15 Å². The molecule has 0 radical (unpaired) electrons. The molecular formula is C20H26N2O4S. The minimum atomic E-state index is -0.604. The SMILES string of the molecule is CCOCc1ccc(CNC(=O)C(CCSC)NC(=O)c2ccco2)cc1. The van der Waals surface area contributed by atoms with E-state index in [1.54, 1.807) is 23.9 Å². The summed E-state index contributed by atoms with van der Waals surface area (Å²) in [6.45, 7) is 3.62. The minimum Gasteiger partial charge on any atom is -0.459 e. The van der Waals surface area contributed by atoms with Crippen molar-refractivity contribution in [1.82, 2.24) is 10.6 Å². The number of nitrogens with one attached hydrogen (secondary N) is 2. The van der Waals surface area contributed by atoms with E-state index in [1.807, 2.05) is 37.4 Å². The summed E-state index contributed by atoms with van der Waals surface area (Å²) in [5.74, 6) is 0.369. The van der Waals surface area contributed by atoms with Gasteiger partial charge in [0.25, 0.3) is 5.91 Å². The summed E-state index contributed by atoms with van der Waals surface area (Å²) in [6.07, 6.45) is 3.95. The molecule has 0 spiro atoms. The lowest BCUT2D eigenvalue weighted by molar-refractivity contribution is -0.123. The predicted octanol–water partition coefficient (Wildman–Crippen LogP) is 2.98. The number of rotatable bonds is 11. The van der Waals surface area contributed by atoms with Crippen LogP contribution in [0.25, 0.3) is 0 Å². The topological polar surface area (TPSA) is 80.6 Å². The monoisotopic (exact) mass is 390 g/mol. The smallest absolute Gasteiger partial charge is 0.287 e. The van der Waals surface area contributed by atoms with Crippen LogP contribution in [0.15, 0.2) is 47.1 Å². The highest BCUT2D eigenvalue weighted by Crippen LogP contribution is 2.08. The maximum absolute atomic E-state index is 12.6. The molecule has 2 N–H and O–H groups in total. The zero-order valence-corrected chi connectivity index (χ0v) is 16.5. The van der Waals surface area contributed by atoms with Crippen LogP contribution in [-0.2, 0) is 22.7 Å². The number of furan rings is 1. The van der Waals surface area contributed by atoms with Crippen LogP contribution in [0.1, 0.15) is 35.0 Å². The largest absolute Gasteiger partial charge is 0.459 e. The highest BCUT2D eigenvalue weighted by atomic mass is 32.2. The van der Waals surface area contributed by atoms with E-state index in [-0.39, 0.29) is 17.6 Å². The Labute approximate surface area is 164 Å². The van der Waals surface area contributed by atoms with Crippen molar-refractivity contribution in [1.29, 1.82) is 0 Å². The number of hydrogen-bond donors (Lipinski definition) is 2. The fourth-order valence-corrected chi connectivity index (χ4v) is 2.90. The van der Waals surface area contributed by atoms with Crippen molar-refractivity contribution in [3.63, 3.8) is 0 Å². The molecular weight excluding hydrogens is 364 g/mol. The molecule has 0 fully saturated rings. The van der Waals surface area contributed by atoms with Gasteiger partial charge in [0.1, 0.15) is 6.04 Å². The fraction of sp³-hybridized carbons (Fsp3) is 0.400. The van der Waals surface area contributed by atoms with Gasteiger partial charge in [0, 0.05) is 13.2 Å². The standard InChI is InChI=1S/C20H26N2O4S/c1-3-25-14-16-8-6-15(7-9-16)13-21-19(23)17(10-12-27-2)22-20(24)18-5-4-11-26-18/h4-9,11,17H,3,10,12-14H2,1-2H3,(H,21,23)(H,22,24). The molecule has 0 bridgehead atoms. The summed E-state index contributed by atoms with van der Waals surface area (Å²) in [5, 5.41) is 5.64. The fourth-order valence-electron chi connectivity index (χ4n) is 2.43. The lowest BCUT2D eigenvalue weighted by atomic mass is 10.1. The first-order chi connectivity index (χ1) is 13.1. The molecule has 0 aliphatic rings. The molecule has 7 heteroatoms. The Hall–Kier alpha value is -2.25. The Morgan fingerprint density at radius 1 is 1.19 bits per heavy atom. The first-order valence-electron chi connectivity index (χ1n) is 8.90. The molecule has 0 saturated carbocycles. The van der Waals surface area contributed by atoms with Crippen LogP contribution >= 0.6 is 11.8 Å². The van der Waals surface area contributed by atoms with E-state index in [0.29, 0.717) is 26.2 Å². The molecule has 0 aliphatic carbocycles. The van der Waals surface area contributed by atoms with Gasteiger partial charge in [-0.1, -0.05) is 24.3 Å². The zero-order chi connectivity index (χ0) is 19.5. The van der Waals surface area contributed by atoms with Gasteiger partial charge < -0.3 is 19.8 Å². The van der Waals surface area contributed by atoms with Gasteiger partial charge in [0.15, 0.2) is 5.76 Å². The van der Waals surface area contributed by atoms with Gasteiger partial charge in [-0.25, -0.2) is 0 Å². The van der Waals surface area contributed by atoms with Gasteiger partial charge in [0.05, 0.1) is 12.9 Å². The van der Waals surface area contributed by atoms with Gasteiger partial charge >= 0.3 is 0 Å². The van der Waals surface area contributed by atoms with Gasteiger partial charge in [0.2, 0.25) is 5.91 Å². The summed E-state index contributed by atoms with van der Waals surface area (Å²) in [5.41, 5.74) is 2.08. The third kappa shape index (κ3) is 7.11. The Kier molecular flexibility index (Phi) is 8.94. The van der Waals surface area contributed by atoms with E-state index >= 15 is 0 Å². The summed E-state index contributed by atoms with van der Waals surface area (Å²) in [6, 6.07) is 10.5.